The van der Waals surface area contributed by atoms with E-state index in [0.29, 0.717) is 12.5 Å². The van der Waals surface area contributed by atoms with E-state index in [1.165, 1.54) is 5.56 Å². The first-order valence-corrected chi connectivity index (χ1v) is 9.30. The molecule has 0 saturated carbocycles. The van der Waals surface area contributed by atoms with Crippen molar-refractivity contribution >= 4 is 17.3 Å². The summed E-state index contributed by atoms with van der Waals surface area (Å²) in [5.41, 5.74) is 1.19. The number of nitrogens with one attached hydrogen (secondary N) is 2. The summed E-state index contributed by atoms with van der Waals surface area (Å²) in [5, 5.41) is 11.1. The molecule has 0 spiro atoms. The number of hydrogen-bond acceptors (Lipinski definition) is 4. The number of hydrogen-bond donors (Lipinski definition) is 2. The van der Waals surface area contributed by atoms with E-state index < -0.39 is 0 Å². The Hall–Kier alpha value is -1.11. The molecule has 1 aliphatic rings. The summed E-state index contributed by atoms with van der Waals surface area (Å²) in [7, 11) is 1.78. The number of methoxy groups -OCH3 is 1. The SMILES string of the molecule is CCNC(=NCC1(OC)CCOCC1)NCC(C)c1ccsc1. The van der Waals surface area contributed by atoms with Gasteiger partial charge in [0.05, 0.1) is 12.1 Å². The molecular formula is C17H29N3O2S. The molecule has 2 N–H and O–H groups in total. The average Bonchev–Trinajstić information content (AvgIpc) is 3.12. The highest BCUT2D eigenvalue weighted by Gasteiger charge is 2.32. The standard InChI is InChI=1S/C17H29N3O2S/c1-4-18-16(19-11-14(2)15-5-10-23-12-15)20-13-17(21-3)6-8-22-9-7-17/h5,10,12,14H,4,6-9,11,13H2,1-3H3,(H2,18,19,20). The fraction of sp³-hybridized carbons (Fsp3) is 0.706. The van der Waals surface area contributed by atoms with Gasteiger partial charge in [-0.15, -0.1) is 0 Å². The molecule has 2 rings (SSSR count). The first-order chi connectivity index (χ1) is 11.2. The van der Waals surface area contributed by atoms with Crippen LogP contribution in [0.3, 0.4) is 0 Å². The second kappa shape index (κ2) is 9.25. The lowest BCUT2D eigenvalue weighted by atomic mass is 9.94. The molecule has 0 amide bonds. The minimum atomic E-state index is -0.181. The monoisotopic (exact) mass is 339 g/mol. The minimum absolute atomic E-state index is 0.181. The largest absolute Gasteiger partial charge is 0.381 e. The molecule has 0 radical (unpaired) electrons. The summed E-state index contributed by atoms with van der Waals surface area (Å²) in [6.07, 6.45) is 1.80. The van der Waals surface area contributed by atoms with Crippen molar-refractivity contribution in [1.82, 2.24) is 10.6 Å². The number of thiophene rings is 1. The van der Waals surface area contributed by atoms with Crippen LogP contribution in [0.5, 0.6) is 0 Å². The van der Waals surface area contributed by atoms with Crippen LogP contribution in [-0.2, 0) is 9.47 Å². The van der Waals surface area contributed by atoms with Crippen LogP contribution < -0.4 is 10.6 Å². The molecule has 1 aromatic heterocycles. The molecule has 0 aromatic carbocycles. The van der Waals surface area contributed by atoms with Gasteiger partial charge in [-0.3, -0.25) is 4.99 Å². The highest BCUT2D eigenvalue weighted by Crippen LogP contribution is 2.24. The first-order valence-electron chi connectivity index (χ1n) is 8.36. The lowest BCUT2D eigenvalue weighted by Gasteiger charge is -2.34. The Morgan fingerprint density at radius 2 is 2.22 bits per heavy atom. The van der Waals surface area contributed by atoms with Gasteiger partial charge in [-0.1, -0.05) is 6.92 Å². The number of guanidine groups is 1. The summed E-state index contributed by atoms with van der Waals surface area (Å²) >= 11 is 1.74. The van der Waals surface area contributed by atoms with Crippen LogP contribution in [0.25, 0.3) is 0 Å². The second-order valence-electron chi connectivity index (χ2n) is 6.03. The predicted molar refractivity (Wildman–Crippen MR) is 96.5 cm³/mol. The third kappa shape index (κ3) is 5.48. The van der Waals surface area contributed by atoms with E-state index >= 15 is 0 Å². The van der Waals surface area contributed by atoms with Gasteiger partial charge >= 0.3 is 0 Å². The zero-order valence-electron chi connectivity index (χ0n) is 14.4. The van der Waals surface area contributed by atoms with Crippen LogP contribution in [0, 0.1) is 0 Å². The van der Waals surface area contributed by atoms with Gasteiger partial charge in [0, 0.05) is 46.3 Å². The highest BCUT2D eigenvalue weighted by molar-refractivity contribution is 7.07. The molecule has 6 heteroatoms. The third-order valence-electron chi connectivity index (χ3n) is 4.39. The quantitative estimate of drug-likeness (QED) is 0.592. The van der Waals surface area contributed by atoms with Crippen molar-refractivity contribution in [3.63, 3.8) is 0 Å². The zero-order valence-corrected chi connectivity index (χ0v) is 15.2. The maximum absolute atomic E-state index is 5.75. The van der Waals surface area contributed by atoms with Crippen molar-refractivity contribution in [3.8, 4) is 0 Å². The summed E-state index contributed by atoms with van der Waals surface area (Å²) in [5.74, 6) is 1.32. The van der Waals surface area contributed by atoms with Gasteiger partial charge in [-0.25, -0.2) is 0 Å². The molecule has 1 saturated heterocycles. The summed E-state index contributed by atoms with van der Waals surface area (Å²) in [4.78, 5) is 4.75. The van der Waals surface area contributed by atoms with Crippen molar-refractivity contribution in [3.05, 3.63) is 22.4 Å². The smallest absolute Gasteiger partial charge is 0.191 e. The molecule has 130 valence electrons. The number of nitrogens with zero attached hydrogens (tertiary/aromatic N) is 1. The fourth-order valence-electron chi connectivity index (χ4n) is 2.66. The lowest BCUT2D eigenvalue weighted by molar-refractivity contribution is -0.0828. The van der Waals surface area contributed by atoms with E-state index in [0.717, 1.165) is 45.1 Å². The van der Waals surface area contributed by atoms with Gasteiger partial charge in [0.2, 0.25) is 0 Å². The Morgan fingerprint density at radius 3 is 2.83 bits per heavy atom. The lowest BCUT2D eigenvalue weighted by Crippen LogP contribution is -2.44. The van der Waals surface area contributed by atoms with Crippen molar-refractivity contribution in [1.29, 1.82) is 0 Å². The number of aliphatic imine (C=N–C) groups is 1. The summed E-state index contributed by atoms with van der Waals surface area (Å²) in [6, 6.07) is 2.18. The highest BCUT2D eigenvalue weighted by atomic mass is 32.1. The third-order valence-corrected chi connectivity index (χ3v) is 5.10. The Labute approximate surface area is 143 Å². The van der Waals surface area contributed by atoms with Crippen LogP contribution >= 0.6 is 11.3 Å². The van der Waals surface area contributed by atoms with E-state index in [1.54, 1.807) is 18.4 Å². The Kier molecular flexibility index (Phi) is 7.33. The Morgan fingerprint density at radius 1 is 1.43 bits per heavy atom. The maximum Gasteiger partial charge on any atom is 0.191 e. The van der Waals surface area contributed by atoms with E-state index in [-0.39, 0.29) is 5.60 Å². The molecule has 0 aliphatic carbocycles. The van der Waals surface area contributed by atoms with Crippen LogP contribution in [0.15, 0.2) is 21.8 Å². The molecule has 0 bridgehead atoms. The van der Waals surface area contributed by atoms with Gasteiger partial charge in [0.15, 0.2) is 5.96 Å². The van der Waals surface area contributed by atoms with E-state index in [1.807, 2.05) is 0 Å². The Bertz CT molecular complexity index is 470. The van der Waals surface area contributed by atoms with Crippen LogP contribution in [0.4, 0.5) is 0 Å². The van der Waals surface area contributed by atoms with Gasteiger partial charge in [-0.2, -0.15) is 11.3 Å². The summed E-state index contributed by atoms with van der Waals surface area (Å²) < 4.78 is 11.2. The number of ether oxygens (including phenoxy) is 2. The van der Waals surface area contributed by atoms with E-state index in [9.17, 15) is 0 Å². The van der Waals surface area contributed by atoms with Crippen molar-refractivity contribution < 1.29 is 9.47 Å². The maximum atomic E-state index is 5.75. The van der Waals surface area contributed by atoms with E-state index in [2.05, 4.69) is 41.3 Å². The minimum Gasteiger partial charge on any atom is -0.381 e. The fourth-order valence-corrected chi connectivity index (χ4v) is 3.44. The summed E-state index contributed by atoms with van der Waals surface area (Å²) in [6.45, 7) is 8.20. The molecule has 1 unspecified atom stereocenters. The average molecular weight is 340 g/mol. The normalized spacial score (nSPS) is 19.3. The molecule has 1 aliphatic heterocycles. The van der Waals surface area contributed by atoms with Gasteiger partial charge < -0.3 is 20.1 Å². The molecule has 2 heterocycles. The molecule has 5 nitrogen and oxygen atoms in total. The van der Waals surface area contributed by atoms with Crippen LogP contribution in [-0.4, -0.2) is 51.5 Å². The van der Waals surface area contributed by atoms with Crippen molar-refractivity contribution in [2.24, 2.45) is 4.99 Å². The van der Waals surface area contributed by atoms with Crippen molar-refractivity contribution in [2.45, 2.75) is 38.2 Å². The van der Waals surface area contributed by atoms with Crippen LogP contribution in [0.2, 0.25) is 0 Å². The van der Waals surface area contributed by atoms with Gasteiger partial charge in [-0.05, 0) is 35.2 Å². The van der Waals surface area contributed by atoms with E-state index in [4.69, 9.17) is 14.5 Å². The predicted octanol–water partition coefficient (Wildman–Crippen LogP) is 2.60. The zero-order chi connectivity index (χ0) is 16.5. The Balaban J connectivity index is 1.91. The van der Waals surface area contributed by atoms with Crippen molar-refractivity contribution in [2.75, 3.05) is 40.0 Å². The molecule has 1 atom stereocenters. The van der Waals surface area contributed by atoms with Gasteiger partial charge in [0.25, 0.3) is 0 Å². The molecular weight excluding hydrogens is 310 g/mol. The van der Waals surface area contributed by atoms with Gasteiger partial charge in [0.1, 0.15) is 0 Å². The molecule has 1 fully saturated rings. The topological polar surface area (TPSA) is 54.9 Å². The number of rotatable bonds is 7. The molecule has 1 aromatic rings. The second-order valence-corrected chi connectivity index (χ2v) is 6.81. The first kappa shape index (κ1) is 18.2. The van der Waals surface area contributed by atoms with Crippen LogP contribution in [0.1, 0.15) is 38.2 Å². The molecule has 23 heavy (non-hydrogen) atoms.